The van der Waals surface area contributed by atoms with Crippen LogP contribution in [-0.4, -0.2) is 52.7 Å². The van der Waals surface area contributed by atoms with E-state index < -0.39 is 6.04 Å². The Bertz CT molecular complexity index is 809. The predicted octanol–water partition coefficient (Wildman–Crippen LogP) is 1.15. The number of benzene rings is 1. The molecule has 2 heterocycles. The molecule has 2 aliphatic heterocycles. The maximum atomic E-state index is 12.8. The number of hydrogen-bond donors (Lipinski definition) is 2. The fourth-order valence-electron chi connectivity index (χ4n) is 4.82. The molecule has 7 heteroatoms. The molecule has 3 amide bonds. The van der Waals surface area contributed by atoms with Crippen molar-refractivity contribution >= 4 is 17.7 Å². The summed E-state index contributed by atoms with van der Waals surface area (Å²) in [7, 11) is 2.11. The number of imide groups is 1. The number of fused-ring (bicyclic) bond motifs is 1. The molecular formula is C21H28N4O3. The minimum absolute atomic E-state index is 0.126. The second-order valence-corrected chi connectivity index (χ2v) is 8.32. The maximum absolute atomic E-state index is 12.8. The number of carbonyl (C=O) groups is 3. The monoisotopic (exact) mass is 384 g/mol. The van der Waals surface area contributed by atoms with Crippen molar-refractivity contribution in [2.45, 2.75) is 69.7 Å². The lowest BCUT2D eigenvalue weighted by Gasteiger charge is -2.36. The van der Waals surface area contributed by atoms with E-state index in [9.17, 15) is 14.4 Å². The molecule has 1 saturated heterocycles. The highest BCUT2D eigenvalue weighted by molar-refractivity contribution is 6.05. The first-order valence-electron chi connectivity index (χ1n) is 10.2. The summed E-state index contributed by atoms with van der Waals surface area (Å²) in [4.78, 5) is 40.2. The van der Waals surface area contributed by atoms with Gasteiger partial charge in [-0.25, -0.2) is 0 Å². The summed E-state index contributed by atoms with van der Waals surface area (Å²) in [5.41, 5.74) is 9.07. The molecule has 1 aliphatic carbocycles. The second kappa shape index (κ2) is 7.64. The standard InChI is InChI=1S/C21H28N4O3/c1-24(17-5-3-2-4-16(17)22)11-13-6-7-15-14(10-13)12-25(21(15)28)18-8-9-19(26)23-20(18)27/h6-7,10,16-18H,2-5,8-9,11-12,22H2,1H3,(H,23,26,27)/t16-,17+,18?/m0/s1. The van der Waals surface area contributed by atoms with Gasteiger partial charge in [0.1, 0.15) is 6.04 Å². The van der Waals surface area contributed by atoms with Gasteiger partial charge in [0.05, 0.1) is 0 Å². The SMILES string of the molecule is CN(Cc1ccc2c(c1)CN(C1CCC(=O)NC1=O)C2=O)[C@@H]1CCCC[C@@H]1N. The summed E-state index contributed by atoms with van der Waals surface area (Å²) < 4.78 is 0. The van der Waals surface area contributed by atoms with Gasteiger partial charge in [-0.05, 0) is 43.5 Å². The van der Waals surface area contributed by atoms with E-state index in [-0.39, 0.29) is 30.2 Å². The Morgan fingerprint density at radius 2 is 1.96 bits per heavy atom. The van der Waals surface area contributed by atoms with Crippen LogP contribution < -0.4 is 11.1 Å². The molecule has 7 nitrogen and oxygen atoms in total. The van der Waals surface area contributed by atoms with Crippen LogP contribution in [-0.2, 0) is 22.7 Å². The summed E-state index contributed by atoms with van der Waals surface area (Å²) in [5, 5.41) is 2.34. The van der Waals surface area contributed by atoms with Crippen LogP contribution in [0, 0.1) is 0 Å². The highest BCUT2D eigenvalue weighted by Gasteiger charge is 2.39. The molecule has 1 saturated carbocycles. The lowest BCUT2D eigenvalue weighted by Crippen LogP contribution is -2.52. The van der Waals surface area contributed by atoms with E-state index in [1.54, 1.807) is 4.90 Å². The molecule has 2 fully saturated rings. The van der Waals surface area contributed by atoms with Gasteiger partial charge in [-0.1, -0.05) is 25.0 Å². The predicted molar refractivity (Wildman–Crippen MR) is 104 cm³/mol. The zero-order chi connectivity index (χ0) is 19.8. The van der Waals surface area contributed by atoms with Crippen LogP contribution in [0.2, 0.25) is 0 Å². The van der Waals surface area contributed by atoms with Crippen molar-refractivity contribution in [2.75, 3.05) is 7.05 Å². The summed E-state index contributed by atoms with van der Waals surface area (Å²) >= 11 is 0. The van der Waals surface area contributed by atoms with Crippen LogP contribution in [0.4, 0.5) is 0 Å². The summed E-state index contributed by atoms with van der Waals surface area (Å²) in [5.74, 6) is -0.765. The van der Waals surface area contributed by atoms with Gasteiger partial charge in [-0.3, -0.25) is 24.6 Å². The molecule has 0 spiro atoms. The number of likely N-dealkylation sites (N-methyl/N-ethyl adjacent to an activating group) is 1. The third-order valence-electron chi connectivity index (χ3n) is 6.37. The van der Waals surface area contributed by atoms with Gasteiger partial charge in [0.25, 0.3) is 5.91 Å². The molecule has 3 aliphatic rings. The third kappa shape index (κ3) is 3.56. The number of piperidine rings is 1. The molecular weight excluding hydrogens is 356 g/mol. The molecule has 1 unspecified atom stereocenters. The van der Waals surface area contributed by atoms with Gasteiger partial charge < -0.3 is 10.6 Å². The van der Waals surface area contributed by atoms with E-state index in [0.29, 0.717) is 24.6 Å². The van der Waals surface area contributed by atoms with E-state index in [1.165, 1.54) is 12.8 Å². The van der Waals surface area contributed by atoms with Crippen molar-refractivity contribution in [2.24, 2.45) is 5.73 Å². The summed E-state index contributed by atoms with van der Waals surface area (Å²) in [6.45, 7) is 1.21. The first-order chi connectivity index (χ1) is 13.4. The van der Waals surface area contributed by atoms with Crippen LogP contribution >= 0.6 is 0 Å². The Balaban J connectivity index is 1.46. The zero-order valence-corrected chi connectivity index (χ0v) is 16.3. The molecule has 4 rings (SSSR count). The number of carbonyl (C=O) groups excluding carboxylic acids is 3. The Labute approximate surface area is 165 Å². The number of nitrogens with one attached hydrogen (secondary N) is 1. The van der Waals surface area contributed by atoms with Gasteiger partial charge in [-0.2, -0.15) is 0 Å². The molecule has 0 bridgehead atoms. The normalized spacial score (nSPS) is 27.9. The average Bonchev–Trinajstić information content (AvgIpc) is 2.98. The van der Waals surface area contributed by atoms with Crippen molar-refractivity contribution in [3.05, 3.63) is 34.9 Å². The zero-order valence-electron chi connectivity index (χ0n) is 16.3. The van der Waals surface area contributed by atoms with Crippen molar-refractivity contribution < 1.29 is 14.4 Å². The number of amides is 3. The minimum atomic E-state index is -0.566. The van der Waals surface area contributed by atoms with Gasteiger partial charge in [0.2, 0.25) is 11.8 Å². The average molecular weight is 384 g/mol. The van der Waals surface area contributed by atoms with Gasteiger partial charge in [0.15, 0.2) is 0 Å². The fraction of sp³-hybridized carbons (Fsp3) is 0.571. The number of rotatable bonds is 4. The molecule has 3 atom stereocenters. The molecule has 1 aromatic rings. The first kappa shape index (κ1) is 19.1. The van der Waals surface area contributed by atoms with Crippen molar-refractivity contribution in [1.29, 1.82) is 0 Å². The number of nitrogens with zero attached hydrogens (tertiary/aromatic N) is 2. The summed E-state index contributed by atoms with van der Waals surface area (Å²) in [6, 6.07) is 5.98. The highest BCUT2D eigenvalue weighted by atomic mass is 16.2. The summed E-state index contributed by atoms with van der Waals surface area (Å²) in [6.07, 6.45) is 5.30. The molecule has 150 valence electrons. The first-order valence-corrected chi connectivity index (χ1v) is 10.2. The lowest BCUT2D eigenvalue weighted by atomic mass is 9.90. The second-order valence-electron chi connectivity index (χ2n) is 8.32. The van der Waals surface area contributed by atoms with Crippen molar-refractivity contribution in [1.82, 2.24) is 15.1 Å². The van der Waals surface area contributed by atoms with E-state index in [1.807, 2.05) is 12.1 Å². The Kier molecular flexibility index (Phi) is 5.21. The lowest BCUT2D eigenvalue weighted by molar-refractivity contribution is -0.136. The van der Waals surface area contributed by atoms with Gasteiger partial charge in [-0.15, -0.1) is 0 Å². The fourth-order valence-corrected chi connectivity index (χ4v) is 4.82. The van der Waals surface area contributed by atoms with Crippen molar-refractivity contribution in [3.8, 4) is 0 Å². The number of hydrogen-bond acceptors (Lipinski definition) is 5. The van der Waals surface area contributed by atoms with Crippen LogP contribution in [0.5, 0.6) is 0 Å². The topological polar surface area (TPSA) is 95.7 Å². The van der Waals surface area contributed by atoms with Crippen LogP contribution in [0.15, 0.2) is 18.2 Å². The molecule has 0 aromatic heterocycles. The molecule has 3 N–H and O–H groups in total. The quantitative estimate of drug-likeness (QED) is 0.759. The van der Waals surface area contributed by atoms with E-state index in [2.05, 4.69) is 23.3 Å². The Morgan fingerprint density at radius 3 is 2.71 bits per heavy atom. The van der Waals surface area contributed by atoms with Crippen LogP contribution in [0.25, 0.3) is 0 Å². The Morgan fingerprint density at radius 1 is 1.18 bits per heavy atom. The van der Waals surface area contributed by atoms with E-state index in [4.69, 9.17) is 5.73 Å². The van der Waals surface area contributed by atoms with Gasteiger partial charge >= 0.3 is 0 Å². The largest absolute Gasteiger partial charge is 0.326 e. The molecule has 1 aromatic carbocycles. The number of nitrogens with two attached hydrogens (primary N) is 1. The Hall–Kier alpha value is -2.25. The molecule has 28 heavy (non-hydrogen) atoms. The molecule has 0 radical (unpaired) electrons. The van der Waals surface area contributed by atoms with E-state index in [0.717, 1.165) is 30.5 Å². The van der Waals surface area contributed by atoms with E-state index >= 15 is 0 Å². The maximum Gasteiger partial charge on any atom is 0.255 e. The smallest absolute Gasteiger partial charge is 0.255 e. The minimum Gasteiger partial charge on any atom is -0.326 e. The van der Waals surface area contributed by atoms with Crippen molar-refractivity contribution in [3.63, 3.8) is 0 Å². The van der Waals surface area contributed by atoms with Crippen LogP contribution in [0.1, 0.15) is 60.0 Å². The third-order valence-corrected chi connectivity index (χ3v) is 6.37. The van der Waals surface area contributed by atoms with Crippen LogP contribution in [0.3, 0.4) is 0 Å². The highest BCUT2D eigenvalue weighted by Crippen LogP contribution is 2.29. The van der Waals surface area contributed by atoms with Gasteiger partial charge in [0, 0.05) is 37.2 Å².